The van der Waals surface area contributed by atoms with Crippen LogP contribution in [0.4, 0.5) is 0 Å². The Bertz CT molecular complexity index is 220. The van der Waals surface area contributed by atoms with Crippen LogP contribution < -0.4 is 5.32 Å². The Kier molecular flexibility index (Phi) is 3.59. The van der Waals surface area contributed by atoms with E-state index in [1.165, 1.54) is 0 Å². The average Bonchev–Trinajstić information content (AvgIpc) is 2.11. The quantitative estimate of drug-likeness (QED) is 0.683. The zero-order valence-corrected chi connectivity index (χ0v) is 8.69. The van der Waals surface area contributed by atoms with Crippen molar-refractivity contribution in [1.82, 2.24) is 10.2 Å². The summed E-state index contributed by atoms with van der Waals surface area (Å²) in [7, 11) is 0. The molecular formula is C8H14N2O2S. The van der Waals surface area contributed by atoms with E-state index in [2.05, 4.69) is 5.32 Å². The van der Waals surface area contributed by atoms with E-state index in [9.17, 15) is 9.59 Å². The number of hydrogen-bond donors (Lipinski definition) is 1. The van der Waals surface area contributed by atoms with Gasteiger partial charge in [0.2, 0.25) is 11.8 Å². The highest BCUT2D eigenvalue weighted by atomic mass is 32.2. The van der Waals surface area contributed by atoms with Crippen molar-refractivity contribution in [2.75, 3.05) is 25.9 Å². The SMILES string of the molecule is CSC(C)CN1CC(=O)NCC1=O. The molecule has 0 aromatic rings. The molecule has 74 valence electrons. The molecule has 1 heterocycles. The third-order valence-electron chi connectivity index (χ3n) is 2.00. The van der Waals surface area contributed by atoms with Crippen LogP contribution in [0.3, 0.4) is 0 Å². The maximum Gasteiger partial charge on any atom is 0.242 e. The summed E-state index contributed by atoms with van der Waals surface area (Å²) in [4.78, 5) is 23.9. The summed E-state index contributed by atoms with van der Waals surface area (Å²) in [5.74, 6) is -0.0478. The lowest BCUT2D eigenvalue weighted by molar-refractivity contribution is -0.140. The van der Waals surface area contributed by atoms with Gasteiger partial charge in [-0.25, -0.2) is 0 Å². The third-order valence-corrected chi connectivity index (χ3v) is 2.96. The number of amides is 2. The van der Waals surface area contributed by atoms with Crippen LogP contribution in [-0.4, -0.2) is 47.9 Å². The normalized spacial score (nSPS) is 20.0. The van der Waals surface area contributed by atoms with Gasteiger partial charge in [-0.05, 0) is 6.26 Å². The van der Waals surface area contributed by atoms with Gasteiger partial charge in [0.05, 0.1) is 13.1 Å². The molecule has 1 atom stereocenters. The lowest BCUT2D eigenvalue weighted by atomic mass is 10.3. The molecule has 1 aliphatic heterocycles. The summed E-state index contributed by atoms with van der Waals surface area (Å²) in [5, 5.41) is 2.90. The van der Waals surface area contributed by atoms with E-state index in [1.54, 1.807) is 16.7 Å². The van der Waals surface area contributed by atoms with Crippen LogP contribution >= 0.6 is 11.8 Å². The van der Waals surface area contributed by atoms with Crippen LogP contribution in [-0.2, 0) is 9.59 Å². The highest BCUT2D eigenvalue weighted by molar-refractivity contribution is 7.99. The third kappa shape index (κ3) is 2.91. The van der Waals surface area contributed by atoms with Gasteiger partial charge >= 0.3 is 0 Å². The molecule has 4 nitrogen and oxygen atoms in total. The Morgan fingerprint density at radius 3 is 2.92 bits per heavy atom. The van der Waals surface area contributed by atoms with E-state index < -0.39 is 0 Å². The summed E-state index contributed by atoms with van der Waals surface area (Å²) >= 11 is 1.70. The van der Waals surface area contributed by atoms with E-state index in [-0.39, 0.29) is 24.9 Å². The first-order chi connectivity index (χ1) is 6.13. The maximum absolute atomic E-state index is 11.3. The van der Waals surface area contributed by atoms with Crippen molar-refractivity contribution in [3.63, 3.8) is 0 Å². The number of carbonyl (C=O) groups is 2. The fourth-order valence-corrected chi connectivity index (χ4v) is 1.48. The fraction of sp³-hybridized carbons (Fsp3) is 0.750. The number of nitrogens with one attached hydrogen (secondary N) is 1. The van der Waals surface area contributed by atoms with Gasteiger partial charge in [-0.3, -0.25) is 9.59 Å². The summed E-state index contributed by atoms with van der Waals surface area (Å²) in [6.45, 7) is 3.07. The van der Waals surface area contributed by atoms with Gasteiger partial charge in [0, 0.05) is 11.8 Å². The number of rotatable bonds is 3. The Labute approximate surface area is 82.0 Å². The molecule has 1 unspecified atom stereocenters. The van der Waals surface area contributed by atoms with Gasteiger partial charge in [-0.1, -0.05) is 6.92 Å². The summed E-state index contributed by atoms with van der Waals surface area (Å²) in [5.41, 5.74) is 0. The minimum absolute atomic E-state index is 0.0144. The van der Waals surface area contributed by atoms with Crippen LogP contribution in [0, 0.1) is 0 Å². The molecule has 5 heteroatoms. The van der Waals surface area contributed by atoms with Gasteiger partial charge in [0.25, 0.3) is 0 Å². The first-order valence-electron chi connectivity index (χ1n) is 4.20. The van der Waals surface area contributed by atoms with Gasteiger partial charge in [-0.15, -0.1) is 0 Å². The van der Waals surface area contributed by atoms with Crippen molar-refractivity contribution in [2.24, 2.45) is 0 Å². The molecule has 0 spiro atoms. The van der Waals surface area contributed by atoms with E-state index >= 15 is 0 Å². The summed E-state index contributed by atoms with van der Waals surface area (Å²) in [6, 6.07) is 0. The van der Waals surface area contributed by atoms with Gasteiger partial charge < -0.3 is 10.2 Å². The van der Waals surface area contributed by atoms with Crippen LogP contribution in [0.15, 0.2) is 0 Å². The molecule has 1 rings (SSSR count). The Balaban J connectivity index is 2.46. The zero-order valence-electron chi connectivity index (χ0n) is 7.87. The molecule has 0 saturated carbocycles. The van der Waals surface area contributed by atoms with Gasteiger partial charge in [-0.2, -0.15) is 11.8 Å². The standard InChI is InChI=1S/C8H14N2O2S/c1-6(13-2)4-10-5-7(11)9-3-8(10)12/h6H,3-5H2,1-2H3,(H,9,11). The molecular weight excluding hydrogens is 188 g/mol. The number of hydrogen-bond acceptors (Lipinski definition) is 3. The second-order valence-electron chi connectivity index (χ2n) is 3.10. The lowest BCUT2D eigenvalue weighted by Gasteiger charge is -2.28. The molecule has 1 fully saturated rings. The fourth-order valence-electron chi connectivity index (χ4n) is 1.15. The van der Waals surface area contributed by atoms with Crippen LogP contribution in [0.1, 0.15) is 6.92 Å². The number of piperazine rings is 1. The average molecular weight is 202 g/mol. The first-order valence-corrected chi connectivity index (χ1v) is 5.49. The van der Waals surface area contributed by atoms with Crippen molar-refractivity contribution < 1.29 is 9.59 Å². The monoisotopic (exact) mass is 202 g/mol. The van der Waals surface area contributed by atoms with Crippen LogP contribution in [0.2, 0.25) is 0 Å². The highest BCUT2D eigenvalue weighted by Gasteiger charge is 2.23. The minimum atomic E-state index is -0.0621. The molecule has 2 amide bonds. The highest BCUT2D eigenvalue weighted by Crippen LogP contribution is 2.08. The smallest absolute Gasteiger partial charge is 0.242 e. The van der Waals surface area contributed by atoms with Crippen molar-refractivity contribution in [1.29, 1.82) is 0 Å². The largest absolute Gasteiger partial charge is 0.345 e. The van der Waals surface area contributed by atoms with Crippen molar-refractivity contribution in [3.05, 3.63) is 0 Å². The molecule has 1 aliphatic rings. The molecule has 1 N–H and O–H groups in total. The molecule has 0 aromatic carbocycles. The van der Waals surface area contributed by atoms with E-state index in [1.807, 2.05) is 13.2 Å². The van der Waals surface area contributed by atoms with E-state index in [0.717, 1.165) is 0 Å². The lowest BCUT2D eigenvalue weighted by Crippen LogP contribution is -2.52. The van der Waals surface area contributed by atoms with Crippen LogP contribution in [0.5, 0.6) is 0 Å². The second-order valence-corrected chi connectivity index (χ2v) is 4.37. The molecule has 0 bridgehead atoms. The molecule has 0 aromatic heterocycles. The van der Waals surface area contributed by atoms with Crippen molar-refractivity contribution in [3.8, 4) is 0 Å². The first kappa shape index (κ1) is 10.4. The van der Waals surface area contributed by atoms with Gasteiger partial charge in [0.1, 0.15) is 0 Å². The van der Waals surface area contributed by atoms with E-state index in [4.69, 9.17) is 0 Å². The number of thioether (sulfide) groups is 1. The Morgan fingerprint density at radius 1 is 1.62 bits per heavy atom. The Hall–Kier alpha value is -0.710. The molecule has 0 radical (unpaired) electrons. The van der Waals surface area contributed by atoms with Crippen molar-refractivity contribution in [2.45, 2.75) is 12.2 Å². The zero-order chi connectivity index (χ0) is 9.84. The molecule has 0 aliphatic carbocycles. The predicted molar refractivity (Wildman–Crippen MR) is 52.6 cm³/mol. The number of nitrogens with zero attached hydrogens (tertiary/aromatic N) is 1. The maximum atomic E-state index is 11.3. The summed E-state index contributed by atoms with van der Waals surface area (Å²) < 4.78 is 0. The molecule has 1 saturated heterocycles. The van der Waals surface area contributed by atoms with Crippen LogP contribution in [0.25, 0.3) is 0 Å². The number of carbonyl (C=O) groups excluding carboxylic acids is 2. The van der Waals surface area contributed by atoms with Crippen molar-refractivity contribution >= 4 is 23.6 Å². The molecule has 13 heavy (non-hydrogen) atoms. The predicted octanol–water partition coefficient (Wildman–Crippen LogP) is -0.304. The second kappa shape index (κ2) is 4.50. The summed E-state index contributed by atoms with van der Waals surface area (Å²) in [6.07, 6.45) is 2.00. The topological polar surface area (TPSA) is 49.4 Å². The minimum Gasteiger partial charge on any atom is -0.345 e. The Morgan fingerprint density at radius 2 is 2.31 bits per heavy atom. The van der Waals surface area contributed by atoms with E-state index in [0.29, 0.717) is 11.8 Å². The van der Waals surface area contributed by atoms with Gasteiger partial charge in [0.15, 0.2) is 0 Å².